The van der Waals surface area contributed by atoms with Gasteiger partial charge in [0, 0.05) is 11.3 Å². The number of thiocarbonyl (C=S) groups is 1. The Balaban J connectivity index is 1.65. The lowest BCUT2D eigenvalue weighted by atomic mass is 9.95. The van der Waals surface area contributed by atoms with Crippen molar-refractivity contribution in [2.24, 2.45) is 5.10 Å². The van der Waals surface area contributed by atoms with Crippen molar-refractivity contribution in [2.75, 3.05) is 26.9 Å². The molecular formula is C28H34N4O6S. The largest absolute Gasteiger partial charge is 0.493 e. The number of benzene rings is 2. The van der Waals surface area contributed by atoms with E-state index in [-0.39, 0.29) is 13.2 Å². The quantitative estimate of drug-likeness (QED) is 0.112. The van der Waals surface area contributed by atoms with Crippen LogP contribution in [0.1, 0.15) is 50.8 Å². The predicted octanol–water partition coefficient (Wildman–Crippen LogP) is 3.76. The van der Waals surface area contributed by atoms with Crippen molar-refractivity contribution in [2.45, 2.75) is 39.7 Å². The molecule has 3 rings (SSSR count). The van der Waals surface area contributed by atoms with Gasteiger partial charge in [0.15, 0.2) is 23.2 Å². The van der Waals surface area contributed by atoms with Crippen molar-refractivity contribution in [3.8, 4) is 17.2 Å². The SMILES string of the molecule is CCCCOc1ccc(C=NNC(=O)COc2ccccc2[C@H]2NC(=S)NC(C)=C2C(=O)OCC)cc1OC. The standard InChI is InChI=1S/C28H34N4O6S/c1-5-7-14-37-22-13-12-19(15-23(22)35-4)16-29-32-24(33)17-38-21-11-9-8-10-20(21)26-25(27(34)36-6-2)18(3)30-28(39)31-26/h8-13,15-16,26H,5-7,14,17H2,1-4H3,(H,32,33)(H2,30,31,39)/t26-/m1/s1. The summed E-state index contributed by atoms with van der Waals surface area (Å²) >= 11 is 5.30. The Morgan fingerprint density at radius 1 is 1.10 bits per heavy atom. The monoisotopic (exact) mass is 554 g/mol. The van der Waals surface area contributed by atoms with Gasteiger partial charge in [0.05, 0.1) is 38.2 Å². The minimum Gasteiger partial charge on any atom is -0.493 e. The van der Waals surface area contributed by atoms with Crippen LogP contribution in [0.3, 0.4) is 0 Å². The first-order valence-corrected chi connectivity index (χ1v) is 13.1. The van der Waals surface area contributed by atoms with Crippen molar-refractivity contribution in [3.05, 3.63) is 64.9 Å². The highest BCUT2D eigenvalue weighted by Crippen LogP contribution is 2.33. The summed E-state index contributed by atoms with van der Waals surface area (Å²) < 4.78 is 22.2. The Hall–Kier alpha value is -4.12. The molecule has 1 amide bonds. The average molecular weight is 555 g/mol. The van der Waals surface area contributed by atoms with Crippen LogP contribution in [0.25, 0.3) is 0 Å². The Morgan fingerprint density at radius 3 is 2.64 bits per heavy atom. The number of allylic oxidation sites excluding steroid dienone is 1. The van der Waals surface area contributed by atoms with Gasteiger partial charge < -0.3 is 29.6 Å². The summed E-state index contributed by atoms with van der Waals surface area (Å²) in [5, 5.41) is 10.4. The van der Waals surface area contributed by atoms with Gasteiger partial charge >= 0.3 is 5.97 Å². The van der Waals surface area contributed by atoms with Crippen LogP contribution in [0.2, 0.25) is 0 Å². The van der Waals surface area contributed by atoms with Gasteiger partial charge in [0.25, 0.3) is 5.91 Å². The molecule has 0 aromatic heterocycles. The maximum Gasteiger partial charge on any atom is 0.338 e. The molecule has 0 saturated carbocycles. The maximum absolute atomic E-state index is 12.7. The van der Waals surface area contributed by atoms with Crippen LogP contribution < -0.4 is 30.3 Å². The number of carbonyl (C=O) groups is 2. The molecule has 0 spiro atoms. The van der Waals surface area contributed by atoms with E-state index in [0.29, 0.717) is 45.8 Å². The lowest BCUT2D eigenvalue weighted by Gasteiger charge is -2.30. The van der Waals surface area contributed by atoms with Crippen LogP contribution in [-0.4, -0.2) is 50.1 Å². The van der Waals surface area contributed by atoms with E-state index in [1.54, 1.807) is 51.3 Å². The van der Waals surface area contributed by atoms with Crippen molar-refractivity contribution in [3.63, 3.8) is 0 Å². The number of unbranched alkanes of at least 4 members (excludes halogenated alkanes) is 1. The molecule has 1 atom stereocenters. The number of hydrogen-bond acceptors (Lipinski definition) is 8. The van der Waals surface area contributed by atoms with E-state index in [4.69, 9.17) is 31.2 Å². The number of esters is 1. The highest BCUT2D eigenvalue weighted by atomic mass is 32.1. The minimum atomic E-state index is -0.612. The van der Waals surface area contributed by atoms with Crippen LogP contribution in [0.4, 0.5) is 0 Å². The second-order valence-corrected chi connectivity index (χ2v) is 8.93. The zero-order valence-electron chi connectivity index (χ0n) is 22.5. The first-order chi connectivity index (χ1) is 18.9. The van der Waals surface area contributed by atoms with Crippen LogP contribution in [0.5, 0.6) is 17.2 Å². The number of nitrogens with one attached hydrogen (secondary N) is 3. The number of hydrogen-bond donors (Lipinski definition) is 3. The molecule has 11 heteroatoms. The minimum absolute atomic E-state index is 0.231. The topological polar surface area (TPSA) is 120 Å². The van der Waals surface area contributed by atoms with E-state index in [0.717, 1.165) is 18.4 Å². The molecule has 2 aromatic rings. The number of methoxy groups -OCH3 is 1. The highest BCUT2D eigenvalue weighted by Gasteiger charge is 2.32. The second-order valence-electron chi connectivity index (χ2n) is 8.52. The van der Waals surface area contributed by atoms with E-state index >= 15 is 0 Å². The normalized spacial score (nSPS) is 14.9. The molecule has 0 fully saturated rings. The summed E-state index contributed by atoms with van der Waals surface area (Å²) in [6.07, 6.45) is 3.50. The fraction of sp³-hybridized carbons (Fsp3) is 0.357. The van der Waals surface area contributed by atoms with Gasteiger partial charge in [-0.2, -0.15) is 5.10 Å². The number of hydrazone groups is 1. The molecule has 0 aliphatic carbocycles. The maximum atomic E-state index is 12.7. The van der Waals surface area contributed by atoms with Crippen molar-refractivity contribution in [1.82, 2.24) is 16.1 Å². The third-order valence-corrected chi connectivity index (χ3v) is 5.92. The van der Waals surface area contributed by atoms with E-state index in [9.17, 15) is 9.59 Å². The second kappa shape index (κ2) is 14.7. The number of ether oxygens (including phenoxy) is 4. The summed E-state index contributed by atoms with van der Waals surface area (Å²) in [5.41, 5.74) is 4.78. The Labute approximate surface area is 233 Å². The van der Waals surface area contributed by atoms with Crippen LogP contribution in [-0.2, 0) is 14.3 Å². The van der Waals surface area contributed by atoms with Gasteiger partial charge in [0.1, 0.15) is 5.75 Å². The molecule has 39 heavy (non-hydrogen) atoms. The lowest BCUT2D eigenvalue weighted by Crippen LogP contribution is -2.45. The fourth-order valence-corrected chi connectivity index (χ4v) is 4.09. The van der Waals surface area contributed by atoms with Gasteiger partial charge in [-0.25, -0.2) is 10.2 Å². The molecule has 1 aliphatic heterocycles. The van der Waals surface area contributed by atoms with E-state index in [2.05, 4.69) is 28.1 Å². The third-order valence-electron chi connectivity index (χ3n) is 5.70. The molecule has 2 aromatic carbocycles. The number of carbonyl (C=O) groups excluding carboxylic acids is 2. The molecular weight excluding hydrogens is 520 g/mol. The highest BCUT2D eigenvalue weighted by molar-refractivity contribution is 7.80. The Bertz CT molecular complexity index is 1250. The molecule has 1 aliphatic rings. The van der Waals surface area contributed by atoms with E-state index < -0.39 is 17.9 Å². The summed E-state index contributed by atoms with van der Waals surface area (Å²) in [7, 11) is 1.57. The molecule has 10 nitrogen and oxygen atoms in total. The van der Waals surface area contributed by atoms with Gasteiger partial charge in [-0.1, -0.05) is 31.5 Å². The van der Waals surface area contributed by atoms with Crippen molar-refractivity contribution in [1.29, 1.82) is 0 Å². The first kappa shape index (κ1) is 29.4. The predicted molar refractivity (Wildman–Crippen MR) is 152 cm³/mol. The van der Waals surface area contributed by atoms with E-state index in [1.165, 1.54) is 6.21 Å². The van der Waals surface area contributed by atoms with Gasteiger partial charge in [-0.15, -0.1) is 0 Å². The molecule has 208 valence electrons. The molecule has 0 unspecified atom stereocenters. The van der Waals surface area contributed by atoms with Gasteiger partial charge in [0.2, 0.25) is 0 Å². The van der Waals surface area contributed by atoms with Crippen molar-refractivity contribution >= 4 is 35.4 Å². The number of rotatable bonds is 13. The number of para-hydroxylation sites is 1. The Kier molecular flexibility index (Phi) is 11.1. The average Bonchev–Trinajstić information content (AvgIpc) is 2.92. The molecule has 3 N–H and O–H groups in total. The summed E-state index contributed by atoms with van der Waals surface area (Å²) in [5.74, 6) is 0.718. The van der Waals surface area contributed by atoms with Crippen LogP contribution in [0, 0.1) is 0 Å². The molecule has 1 heterocycles. The molecule has 0 saturated heterocycles. The zero-order chi connectivity index (χ0) is 28.2. The Morgan fingerprint density at radius 2 is 1.90 bits per heavy atom. The number of amides is 1. The van der Waals surface area contributed by atoms with Gasteiger partial charge in [-0.05, 0) is 62.3 Å². The van der Waals surface area contributed by atoms with Crippen molar-refractivity contribution < 1.29 is 28.5 Å². The van der Waals surface area contributed by atoms with Crippen LogP contribution >= 0.6 is 12.2 Å². The smallest absolute Gasteiger partial charge is 0.338 e. The summed E-state index contributed by atoms with van der Waals surface area (Å²) in [6.45, 7) is 6.14. The number of nitrogens with zero attached hydrogens (tertiary/aromatic N) is 1. The first-order valence-electron chi connectivity index (χ1n) is 12.7. The lowest BCUT2D eigenvalue weighted by molar-refractivity contribution is -0.139. The van der Waals surface area contributed by atoms with Crippen LogP contribution in [0.15, 0.2) is 58.8 Å². The van der Waals surface area contributed by atoms with Gasteiger partial charge in [-0.3, -0.25) is 4.79 Å². The fourth-order valence-electron chi connectivity index (χ4n) is 3.82. The summed E-state index contributed by atoms with van der Waals surface area (Å²) in [4.78, 5) is 25.1. The molecule has 0 radical (unpaired) electrons. The molecule has 0 bridgehead atoms. The summed E-state index contributed by atoms with van der Waals surface area (Å²) in [6, 6.07) is 11.9. The zero-order valence-corrected chi connectivity index (χ0v) is 23.4. The third kappa shape index (κ3) is 8.18. The van der Waals surface area contributed by atoms with E-state index in [1.807, 2.05) is 12.1 Å².